The first kappa shape index (κ1) is 8.49. The molecule has 0 saturated carbocycles. The lowest BCUT2D eigenvalue weighted by atomic mass is 10.2. The van der Waals surface area contributed by atoms with Crippen LogP contribution in [-0.4, -0.2) is 0 Å². The topological polar surface area (TPSA) is 26.0 Å². The molecule has 0 radical (unpaired) electrons. The van der Waals surface area contributed by atoms with Crippen LogP contribution in [0.3, 0.4) is 0 Å². The molecule has 0 fully saturated rings. The Balaban J connectivity index is 3.13. The Bertz CT molecular complexity index is 263. The Morgan fingerprint density at radius 1 is 1.36 bits per heavy atom. The zero-order valence-corrected chi connectivity index (χ0v) is 6.48. The lowest BCUT2D eigenvalue weighted by Gasteiger charge is -2.05. The molecular weight excluding hydrogens is 168 g/mol. The highest BCUT2D eigenvalue weighted by Crippen LogP contribution is 2.18. The molecule has 0 aliphatic heterocycles. The highest BCUT2D eigenvalue weighted by molar-refractivity contribution is 7.80. The molecule has 4 heteroatoms. The normalized spacial score (nSPS) is 13.1. The van der Waals surface area contributed by atoms with E-state index in [4.69, 9.17) is 5.73 Å². The summed E-state index contributed by atoms with van der Waals surface area (Å²) >= 11 is 3.78. The van der Waals surface area contributed by atoms with Crippen LogP contribution in [0.4, 0.5) is 8.78 Å². The smallest absolute Gasteiger partial charge is 0.129 e. The van der Waals surface area contributed by atoms with Gasteiger partial charge in [-0.25, -0.2) is 8.78 Å². The summed E-state index contributed by atoms with van der Waals surface area (Å²) in [6.07, 6.45) is 0. The van der Waals surface area contributed by atoms with Gasteiger partial charge in [0.05, 0.1) is 5.37 Å². The Labute approximate surface area is 68.6 Å². The SMILES string of the molecule is NC(S)c1cc(F)ccc1F. The van der Waals surface area contributed by atoms with Crippen molar-refractivity contribution in [1.29, 1.82) is 0 Å². The van der Waals surface area contributed by atoms with Crippen LogP contribution in [0.2, 0.25) is 0 Å². The van der Waals surface area contributed by atoms with E-state index >= 15 is 0 Å². The van der Waals surface area contributed by atoms with Crippen molar-refractivity contribution in [2.75, 3.05) is 0 Å². The Morgan fingerprint density at radius 3 is 2.45 bits per heavy atom. The van der Waals surface area contributed by atoms with Crippen LogP contribution in [0.15, 0.2) is 18.2 Å². The molecule has 0 heterocycles. The summed E-state index contributed by atoms with van der Waals surface area (Å²) in [6.45, 7) is 0. The minimum atomic E-state index is -0.773. The van der Waals surface area contributed by atoms with Gasteiger partial charge >= 0.3 is 0 Å². The first-order valence-electron chi connectivity index (χ1n) is 3.00. The molecule has 60 valence electrons. The monoisotopic (exact) mass is 175 g/mol. The lowest BCUT2D eigenvalue weighted by molar-refractivity contribution is 0.585. The van der Waals surface area contributed by atoms with Gasteiger partial charge in [0.2, 0.25) is 0 Å². The van der Waals surface area contributed by atoms with E-state index < -0.39 is 17.0 Å². The van der Waals surface area contributed by atoms with Crippen LogP contribution >= 0.6 is 12.6 Å². The molecule has 1 rings (SSSR count). The summed E-state index contributed by atoms with van der Waals surface area (Å²) < 4.78 is 25.2. The molecule has 1 nitrogen and oxygen atoms in total. The van der Waals surface area contributed by atoms with E-state index in [1.807, 2.05) is 0 Å². The minimum Gasteiger partial charge on any atom is -0.316 e. The van der Waals surface area contributed by atoms with Gasteiger partial charge < -0.3 is 5.73 Å². The largest absolute Gasteiger partial charge is 0.316 e. The maximum Gasteiger partial charge on any atom is 0.129 e. The summed E-state index contributed by atoms with van der Waals surface area (Å²) in [7, 11) is 0. The summed E-state index contributed by atoms with van der Waals surface area (Å²) in [5.74, 6) is -1.04. The van der Waals surface area contributed by atoms with Crippen molar-refractivity contribution in [2.24, 2.45) is 5.73 Å². The molecule has 1 aromatic carbocycles. The van der Waals surface area contributed by atoms with Crippen molar-refractivity contribution in [3.63, 3.8) is 0 Å². The molecule has 1 aromatic rings. The van der Waals surface area contributed by atoms with E-state index in [1.54, 1.807) is 0 Å². The minimum absolute atomic E-state index is 0.0772. The predicted molar refractivity (Wildman–Crippen MR) is 42.3 cm³/mol. The van der Waals surface area contributed by atoms with Crippen LogP contribution in [0.25, 0.3) is 0 Å². The average molecular weight is 175 g/mol. The molecule has 0 spiro atoms. The molecule has 0 saturated heterocycles. The number of hydrogen-bond donors (Lipinski definition) is 2. The van der Waals surface area contributed by atoms with E-state index in [9.17, 15) is 8.78 Å². The molecular formula is C7H7F2NS. The molecule has 0 bridgehead atoms. The number of thiol groups is 1. The van der Waals surface area contributed by atoms with Gasteiger partial charge in [0.25, 0.3) is 0 Å². The van der Waals surface area contributed by atoms with E-state index in [0.29, 0.717) is 0 Å². The second-order valence-corrected chi connectivity index (χ2v) is 2.67. The zero-order valence-electron chi connectivity index (χ0n) is 5.59. The first-order chi connectivity index (χ1) is 5.11. The molecule has 1 unspecified atom stereocenters. The van der Waals surface area contributed by atoms with Gasteiger partial charge in [0.1, 0.15) is 11.6 Å². The summed E-state index contributed by atoms with van der Waals surface area (Å²) in [5.41, 5.74) is 5.32. The highest BCUT2D eigenvalue weighted by Gasteiger charge is 2.07. The van der Waals surface area contributed by atoms with Crippen molar-refractivity contribution in [3.05, 3.63) is 35.4 Å². The third-order valence-electron chi connectivity index (χ3n) is 1.28. The van der Waals surface area contributed by atoms with Crippen molar-refractivity contribution in [2.45, 2.75) is 5.37 Å². The third kappa shape index (κ3) is 1.91. The molecule has 0 aliphatic rings. The van der Waals surface area contributed by atoms with Crippen LogP contribution in [0, 0.1) is 11.6 Å². The Kier molecular flexibility index (Phi) is 2.46. The number of halogens is 2. The van der Waals surface area contributed by atoms with Gasteiger partial charge in [0.15, 0.2) is 0 Å². The van der Waals surface area contributed by atoms with Crippen molar-refractivity contribution < 1.29 is 8.78 Å². The zero-order chi connectivity index (χ0) is 8.43. The maximum absolute atomic E-state index is 12.7. The van der Waals surface area contributed by atoms with E-state index in [1.165, 1.54) is 0 Å². The Hall–Kier alpha value is -0.610. The van der Waals surface area contributed by atoms with Crippen LogP contribution in [0.5, 0.6) is 0 Å². The van der Waals surface area contributed by atoms with Gasteiger partial charge in [-0.3, -0.25) is 0 Å². The summed E-state index contributed by atoms with van der Waals surface area (Å²) in [5, 5.41) is -0.773. The number of nitrogens with two attached hydrogens (primary N) is 1. The lowest BCUT2D eigenvalue weighted by Crippen LogP contribution is -2.05. The summed E-state index contributed by atoms with van der Waals surface area (Å²) in [6, 6.07) is 3.10. The fourth-order valence-corrected chi connectivity index (χ4v) is 0.939. The second kappa shape index (κ2) is 3.19. The quantitative estimate of drug-likeness (QED) is 0.494. The fraction of sp³-hybridized carbons (Fsp3) is 0.143. The van der Waals surface area contributed by atoms with Gasteiger partial charge in [-0.15, -0.1) is 0 Å². The fourth-order valence-electron chi connectivity index (χ4n) is 0.741. The van der Waals surface area contributed by atoms with Gasteiger partial charge in [-0.1, -0.05) is 0 Å². The number of hydrogen-bond acceptors (Lipinski definition) is 2. The van der Waals surface area contributed by atoms with Crippen molar-refractivity contribution in [3.8, 4) is 0 Å². The number of benzene rings is 1. The van der Waals surface area contributed by atoms with Crippen LogP contribution < -0.4 is 5.73 Å². The molecule has 1 atom stereocenters. The third-order valence-corrected chi connectivity index (χ3v) is 1.55. The van der Waals surface area contributed by atoms with Crippen LogP contribution in [0.1, 0.15) is 10.9 Å². The van der Waals surface area contributed by atoms with E-state index in [-0.39, 0.29) is 5.56 Å². The molecule has 0 aromatic heterocycles. The second-order valence-electron chi connectivity index (χ2n) is 2.11. The first-order valence-corrected chi connectivity index (χ1v) is 3.51. The Morgan fingerprint density at radius 2 is 2.00 bits per heavy atom. The highest BCUT2D eigenvalue weighted by atomic mass is 32.1. The molecule has 2 N–H and O–H groups in total. The van der Waals surface area contributed by atoms with Crippen molar-refractivity contribution in [1.82, 2.24) is 0 Å². The van der Waals surface area contributed by atoms with E-state index in [0.717, 1.165) is 18.2 Å². The average Bonchev–Trinajstić information content (AvgIpc) is 1.94. The van der Waals surface area contributed by atoms with Gasteiger partial charge in [-0.2, -0.15) is 12.6 Å². The number of rotatable bonds is 1. The molecule has 0 aliphatic carbocycles. The van der Waals surface area contributed by atoms with Gasteiger partial charge in [0, 0.05) is 5.56 Å². The van der Waals surface area contributed by atoms with Gasteiger partial charge in [-0.05, 0) is 18.2 Å². The van der Waals surface area contributed by atoms with E-state index in [2.05, 4.69) is 12.6 Å². The molecule has 0 amide bonds. The maximum atomic E-state index is 12.7. The van der Waals surface area contributed by atoms with Crippen LogP contribution in [-0.2, 0) is 0 Å². The van der Waals surface area contributed by atoms with Crippen molar-refractivity contribution >= 4 is 12.6 Å². The summed E-state index contributed by atoms with van der Waals surface area (Å²) in [4.78, 5) is 0. The predicted octanol–water partition coefficient (Wildman–Crippen LogP) is 1.85. The molecule has 11 heavy (non-hydrogen) atoms. The standard InChI is InChI=1S/C7H7F2NS/c8-4-1-2-6(9)5(3-4)7(10)11/h1-3,7,11H,10H2.